The van der Waals surface area contributed by atoms with Crippen LogP contribution in [0.25, 0.3) is 0 Å². The van der Waals surface area contributed by atoms with E-state index in [9.17, 15) is 4.79 Å². The average Bonchev–Trinajstić information content (AvgIpc) is 3.01. The van der Waals surface area contributed by atoms with E-state index >= 15 is 0 Å². The zero-order valence-corrected chi connectivity index (χ0v) is 8.33. The highest BCUT2D eigenvalue weighted by Crippen LogP contribution is 2.27. The van der Waals surface area contributed by atoms with E-state index in [0.717, 1.165) is 12.8 Å². The Labute approximate surface area is 87.8 Å². The van der Waals surface area contributed by atoms with Crippen LogP contribution in [0.4, 0.5) is 0 Å². The van der Waals surface area contributed by atoms with Gasteiger partial charge in [0.2, 0.25) is 0 Å². The van der Waals surface area contributed by atoms with Gasteiger partial charge in [-0.1, -0.05) is 0 Å². The summed E-state index contributed by atoms with van der Waals surface area (Å²) in [6.07, 6.45) is 5.52. The lowest BCUT2D eigenvalue weighted by Crippen LogP contribution is -2.31. The highest BCUT2D eigenvalue weighted by atomic mass is 16.4. The Bertz CT molecular complexity index is 338. The van der Waals surface area contributed by atoms with Crippen molar-refractivity contribution in [3.63, 3.8) is 0 Å². The summed E-state index contributed by atoms with van der Waals surface area (Å²) in [6, 6.07) is 2.16. The van der Waals surface area contributed by atoms with Gasteiger partial charge in [0.1, 0.15) is 5.82 Å². The second-order valence-corrected chi connectivity index (χ2v) is 3.69. The van der Waals surface area contributed by atoms with Crippen LogP contribution in [0.2, 0.25) is 0 Å². The topological polar surface area (TPSA) is 66.3 Å². The SMILES string of the molecule is O=C(O)CN(Cc1ncccn1)C1CC1. The Balaban J connectivity index is 1.97. The molecular weight excluding hydrogens is 194 g/mol. The summed E-state index contributed by atoms with van der Waals surface area (Å²) < 4.78 is 0. The third-order valence-corrected chi connectivity index (χ3v) is 2.37. The first-order valence-corrected chi connectivity index (χ1v) is 4.97. The quantitative estimate of drug-likeness (QED) is 0.762. The lowest BCUT2D eigenvalue weighted by atomic mass is 10.4. The van der Waals surface area contributed by atoms with Crippen LogP contribution in [0.15, 0.2) is 18.5 Å². The van der Waals surface area contributed by atoms with Crippen LogP contribution < -0.4 is 0 Å². The molecule has 1 aliphatic carbocycles. The Morgan fingerprint density at radius 2 is 2.13 bits per heavy atom. The van der Waals surface area contributed by atoms with Crippen LogP contribution >= 0.6 is 0 Å². The van der Waals surface area contributed by atoms with Gasteiger partial charge in [-0.15, -0.1) is 0 Å². The molecule has 0 spiro atoms. The first-order chi connectivity index (χ1) is 7.25. The second kappa shape index (κ2) is 4.35. The van der Waals surface area contributed by atoms with Crippen molar-refractivity contribution in [2.24, 2.45) is 0 Å². The van der Waals surface area contributed by atoms with Crippen molar-refractivity contribution in [2.75, 3.05) is 6.54 Å². The van der Waals surface area contributed by atoms with Gasteiger partial charge in [-0.2, -0.15) is 0 Å². The Hall–Kier alpha value is -1.49. The van der Waals surface area contributed by atoms with Crippen LogP contribution in [0, 0.1) is 0 Å². The van der Waals surface area contributed by atoms with Gasteiger partial charge in [0.05, 0.1) is 13.1 Å². The van der Waals surface area contributed by atoms with E-state index in [4.69, 9.17) is 5.11 Å². The maximum atomic E-state index is 10.6. The van der Waals surface area contributed by atoms with Crippen molar-refractivity contribution in [2.45, 2.75) is 25.4 Å². The predicted molar refractivity (Wildman–Crippen MR) is 53.1 cm³/mol. The Morgan fingerprint density at radius 3 is 2.67 bits per heavy atom. The molecular formula is C10H13N3O2. The molecule has 2 rings (SSSR count). The van der Waals surface area contributed by atoms with E-state index in [0.29, 0.717) is 18.4 Å². The Morgan fingerprint density at radius 1 is 1.47 bits per heavy atom. The van der Waals surface area contributed by atoms with Gasteiger partial charge in [-0.25, -0.2) is 9.97 Å². The van der Waals surface area contributed by atoms with E-state index in [-0.39, 0.29) is 6.54 Å². The number of hydrogen-bond acceptors (Lipinski definition) is 4. The summed E-state index contributed by atoms with van der Waals surface area (Å²) in [7, 11) is 0. The highest BCUT2D eigenvalue weighted by molar-refractivity contribution is 5.69. The van der Waals surface area contributed by atoms with Crippen molar-refractivity contribution in [3.05, 3.63) is 24.3 Å². The number of nitrogens with zero attached hydrogens (tertiary/aromatic N) is 3. The van der Waals surface area contributed by atoms with Crippen molar-refractivity contribution < 1.29 is 9.90 Å². The molecule has 0 bridgehead atoms. The Kier molecular flexibility index (Phi) is 2.91. The first-order valence-electron chi connectivity index (χ1n) is 4.97. The predicted octanol–water partition coefficient (Wildman–Crippen LogP) is 0.526. The number of carboxylic acid groups (broad SMARTS) is 1. The van der Waals surface area contributed by atoms with Crippen LogP contribution in [0.1, 0.15) is 18.7 Å². The molecule has 0 saturated heterocycles. The van der Waals surface area contributed by atoms with Gasteiger partial charge in [0, 0.05) is 18.4 Å². The fourth-order valence-electron chi connectivity index (χ4n) is 1.52. The molecule has 0 atom stereocenters. The lowest BCUT2D eigenvalue weighted by molar-refractivity contribution is -0.138. The molecule has 0 unspecified atom stereocenters. The van der Waals surface area contributed by atoms with Gasteiger partial charge in [0.25, 0.3) is 0 Å². The van der Waals surface area contributed by atoms with Gasteiger partial charge >= 0.3 is 5.97 Å². The highest BCUT2D eigenvalue weighted by Gasteiger charge is 2.30. The fraction of sp³-hybridized carbons (Fsp3) is 0.500. The summed E-state index contributed by atoms with van der Waals surface area (Å²) in [5, 5.41) is 8.76. The van der Waals surface area contributed by atoms with Crippen molar-refractivity contribution in [1.82, 2.24) is 14.9 Å². The molecule has 1 aromatic rings. The molecule has 1 aliphatic rings. The molecule has 0 amide bonds. The third kappa shape index (κ3) is 2.99. The van der Waals surface area contributed by atoms with E-state index in [1.54, 1.807) is 18.5 Å². The fourth-order valence-corrected chi connectivity index (χ4v) is 1.52. The molecule has 1 N–H and O–H groups in total. The molecule has 80 valence electrons. The number of hydrogen-bond donors (Lipinski definition) is 1. The molecule has 0 aromatic carbocycles. The second-order valence-electron chi connectivity index (χ2n) is 3.69. The summed E-state index contributed by atoms with van der Waals surface area (Å²) in [4.78, 5) is 20.7. The maximum absolute atomic E-state index is 10.6. The minimum Gasteiger partial charge on any atom is -0.480 e. The summed E-state index contributed by atoms with van der Waals surface area (Å²) in [6.45, 7) is 0.598. The van der Waals surface area contributed by atoms with Crippen LogP contribution in [-0.4, -0.2) is 38.5 Å². The lowest BCUT2D eigenvalue weighted by Gasteiger charge is -2.18. The first kappa shape index (κ1) is 10.0. The molecule has 5 heteroatoms. The number of rotatable bonds is 5. The molecule has 1 aromatic heterocycles. The number of carboxylic acids is 1. The number of carbonyl (C=O) groups is 1. The molecule has 0 aliphatic heterocycles. The number of aromatic nitrogens is 2. The smallest absolute Gasteiger partial charge is 0.317 e. The minimum atomic E-state index is -0.794. The van der Waals surface area contributed by atoms with Crippen LogP contribution in [-0.2, 0) is 11.3 Å². The van der Waals surface area contributed by atoms with Crippen molar-refractivity contribution in [3.8, 4) is 0 Å². The zero-order valence-electron chi connectivity index (χ0n) is 8.33. The molecule has 5 nitrogen and oxygen atoms in total. The van der Waals surface area contributed by atoms with Crippen molar-refractivity contribution >= 4 is 5.97 Å². The van der Waals surface area contributed by atoms with Gasteiger partial charge in [-0.3, -0.25) is 9.69 Å². The average molecular weight is 207 g/mol. The molecule has 1 saturated carbocycles. The third-order valence-electron chi connectivity index (χ3n) is 2.37. The van der Waals surface area contributed by atoms with Crippen LogP contribution in [0.5, 0.6) is 0 Å². The van der Waals surface area contributed by atoms with Gasteiger partial charge < -0.3 is 5.11 Å². The standard InChI is InChI=1S/C10H13N3O2/c14-10(15)7-13(8-2-3-8)6-9-11-4-1-5-12-9/h1,4-5,8H,2-3,6-7H2,(H,14,15). The van der Waals surface area contributed by atoms with Gasteiger partial charge in [-0.05, 0) is 18.9 Å². The maximum Gasteiger partial charge on any atom is 0.317 e. The molecule has 1 fully saturated rings. The summed E-state index contributed by atoms with van der Waals surface area (Å²) in [5.74, 6) is -0.108. The number of aliphatic carboxylic acids is 1. The monoisotopic (exact) mass is 207 g/mol. The van der Waals surface area contributed by atoms with E-state index in [2.05, 4.69) is 9.97 Å². The molecule has 1 heterocycles. The largest absolute Gasteiger partial charge is 0.480 e. The van der Waals surface area contributed by atoms with E-state index < -0.39 is 5.97 Å². The van der Waals surface area contributed by atoms with Crippen LogP contribution in [0.3, 0.4) is 0 Å². The normalized spacial score (nSPS) is 15.5. The van der Waals surface area contributed by atoms with Crippen molar-refractivity contribution in [1.29, 1.82) is 0 Å². The molecule has 0 radical (unpaired) electrons. The minimum absolute atomic E-state index is 0.0723. The van der Waals surface area contributed by atoms with E-state index in [1.807, 2.05) is 4.90 Å². The van der Waals surface area contributed by atoms with Gasteiger partial charge in [0.15, 0.2) is 0 Å². The molecule has 15 heavy (non-hydrogen) atoms. The summed E-state index contributed by atoms with van der Waals surface area (Å²) >= 11 is 0. The summed E-state index contributed by atoms with van der Waals surface area (Å²) in [5.41, 5.74) is 0. The zero-order chi connectivity index (χ0) is 10.7. The van der Waals surface area contributed by atoms with E-state index in [1.165, 1.54) is 0 Å².